The SMILES string of the molecule is CC1CCCNC(=O)C2(C/C=C\Cc3ccccc3C(=O)N1)CCNC2. The topological polar surface area (TPSA) is 70.2 Å². The van der Waals surface area contributed by atoms with Gasteiger partial charge in [0.25, 0.3) is 5.91 Å². The number of carbonyl (C=O) groups is 2. The highest BCUT2D eigenvalue weighted by Crippen LogP contribution is 2.30. The third kappa shape index (κ3) is 4.33. The molecule has 26 heavy (non-hydrogen) atoms. The lowest BCUT2D eigenvalue weighted by Crippen LogP contribution is -2.43. The Balaban J connectivity index is 1.81. The van der Waals surface area contributed by atoms with Gasteiger partial charge in [-0.25, -0.2) is 0 Å². The average Bonchev–Trinajstić information content (AvgIpc) is 3.12. The molecule has 1 spiro atoms. The van der Waals surface area contributed by atoms with Gasteiger partial charge in [0, 0.05) is 24.7 Å². The third-order valence-corrected chi connectivity index (χ3v) is 5.48. The highest BCUT2D eigenvalue weighted by molar-refractivity contribution is 5.95. The van der Waals surface area contributed by atoms with Gasteiger partial charge in [-0.3, -0.25) is 9.59 Å². The molecule has 2 unspecified atom stereocenters. The van der Waals surface area contributed by atoms with E-state index >= 15 is 0 Å². The summed E-state index contributed by atoms with van der Waals surface area (Å²) >= 11 is 0. The largest absolute Gasteiger partial charge is 0.356 e. The summed E-state index contributed by atoms with van der Waals surface area (Å²) in [4.78, 5) is 25.3. The number of fused-ring (bicyclic) bond motifs is 1. The van der Waals surface area contributed by atoms with E-state index in [0.29, 0.717) is 13.0 Å². The smallest absolute Gasteiger partial charge is 0.251 e. The van der Waals surface area contributed by atoms with E-state index in [1.165, 1.54) is 0 Å². The second-order valence-electron chi connectivity index (χ2n) is 7.52. The molecule has 2 amide bonds. The molecule has 0 aromatic heterocycles. The highest BCUT2D eigenvalue weighted by Gasteiger charge is 2.39. The maximum Gasteiger partial charge on any atom is 0.251 e. The average molecular weight is 355 g/mol. The van der Waals surface area contributed by atoms with Gasteiger partial charge in [-0.15, -0.1) is 0 Å². The highest BCUT2D eigenvalue weighted by atomic mass is 16.2. The van der Waals surface area contributed by atoms with Gasteiger partial charge in [0.05, 0.1) is 5.41 Å². The van der Waals surface area contributed by atoms with Crippen molar-refractivity contribution in [1.82, 2.24) is 16.0 Å². The van der Waals surface area contributed by atoms with Gasteiger partial charge in [0.15, 0.2) is 0 Å². The van der Waals surface area contributed by atoms with Crippen LogP contribution in [0.5, 0.6) is 0 Å². The second kappa shape index (κ2) is 8.49. The summed E-state index contributed by atoms with van der Waals surface area (Å²) in [5.74, 6) is 0.135. The Morgan fingerprint density at radius 1 is 1.12 bits per heavy atom. The van der Waals surface area contributed by atoms with Crippen LogP contribution in [0.2, 0.25) is 0 Å². The van der Waals surface area contributed by atoms with Crippen molar-refractivity contribution in [2.45, 2.75) is 45.1 Å². The first-order chi connectivity index (χ1) is 12.6. The van der Waals surface area contributed by atoms with Crippen LogP contribution in [0.1, 0.15) is 48.5 Å². The molecule has 0 radical (unpaired) electrons. The van der Waals surface area contributed by atoms with Gasteiger partial charge < -0.3 is 16.0 Å². The monoisotopic (exact) mass is 355 g/mol. The summed E-state index contributed by atoms with van der Waals surface area (Å²) in [5, 5.41) is 9.52. The molecule has 3 rings (SSSR count). The van der Waals surface area contributed by atoms with Crippen LogP contribution in [0.25, 0.3) is 0 Å². The third-order valence-electron chi connectivity index (χ3n) is 5.48. The molecule has 5 nitrogen and oxygen atoms in total. The lowest BCUT2D eigenvalue weighted by molar-refractivity contribution is -0.130. The van der Waals surface area contributed by atoms with Crippen LogP contribution in [0.15, 0.2) is 36.4 Å². The lowest BCUT2D eigenvalue weighted by Gasteiger charge is -2.25. The molecule has 1 aromatic rings. The first-order valence-electron chi connectivity index (χ1n) is 9.63. The number of nitrogens with one attached hydrogen (secondary N) is 3. The van der Waals surface area contributed by atoms with E-state index in [2.05, 4.69) is 28.1 Å². The van der Waals surface area contributed by atoms with Gasteiger partial charge >= 0.3 is 0 Å². The second-order valence-corrected chi connectivity index (χ2v) is 7.52. The summed E-state index contributed by atoms with van der Waals surface area (Å²) in [5.41, 5.74) is 1.42. The zero-order valence-electron chi connectivity index (χ0n) is 15.5. The quantitative estimate of drug-likeness (QED) is 0.625. The number of carbonyl (C=O) groups excluding carboxylic acids is 2. The lowest BCUT2D eigenvalue weighted by atomic mass is 9.82. The summed E-state index contributed by atoms with van der Waals surface area (Å²) < 4.78 is 0. The Labute approximate surface area is 155 Å². The number of hydrogen-bond donors (Lipinski definition) is 3. The van der Waals surface area contributed by atoms with Gasteiger partial charge in [0.1, 0.15) is 0 Å². The Morgan fingerprint density at radius 3 is 2.77 bits per heavy atom. The fraction of sp³-hybridized carbons (Fsp3) is 0.524. The normalized spacial score (nSPS) is 29.2. The first kappa shape index (κ1) is 18.6. The molecule has 2 atom stereocenters. The van der Waals surface area contributed by atoms with Crippen LogP contribution in [0, 0.1) is 5.41 Å². The predicted octanol–water partition coefficient (Wildman–Crippen LogP) is 2.18. The predicted molar refractivity (Wildman–Crippen MR) is 103 cm³/mol. The van der Waals surface area contributed by atoms with Crippen LogP contribution < -0.4 is 16.0 Å². The molecule has 3 N–H and O–H groups in total. The van der Waals surface area contributed by atoms with Gasteiger partial charge in [-0.05, 0) is 57.2 Å². The van der Waals surface area contributed by atoms with Crippen LogP contribution >= 0.6 is 0 Å². The van der Waals surface area contributed by atoms with E-state index in [1.807, 2.05) is 31.2 Å². The van der Waals surface area contributed by atoms with Crippen molar-refractivity contribution >= 4 is 11.8 Å². The van der Waals surface area contributed by atoms with Crippen molar-refractivity contribution in [2.75, 3.05) is 19.6 Å². The molecule has 2 heterocycles. The maximum absolute atomic E-state index is 12.8. The van der Waals surface area contributed by atoms with Crippen molar-refractivity contribution in [2.24, 2.45) is 5.41 Å². The number of rotatable bonds is 0. The van der Waals surface area contributed by atoms with E-state index in [1.54, 1.807) is 0 Å². The van der Waals surface area contributed by atoms with Crippen LogP contribution in [-0.4, -0.2) is 37.5 Å². The molecule has 5 heteroatoms. The fourth-order valence-electron chi connectivity index (χ4n) is 3.81. The molecule has 0 aliphatic carbocycles. The van der Waals surface area contributed by atoms with E-state index in [4.69, 9.17) is 0 Å². The molecular formula is C21H29N3O2. The molecule has 1 fully saturated rings. The van der Waals surface area contributed by atoms with Gasteiger partial charge in [0.2, 0.25) is 5.91 Å². The van der Waals surface area contributed by atoms with Crippen LogP contribution in [0.3, 0.4) is 0 Å². The van der Waals surface area contributed by atoms with E-state index in [0.717, 1.165) is 49.9 Å². The van der Waals surface area contributed by atoms with Gasteiger partial charge in [-0.2, -0.15) is 0 Å². The Kier molecular flexibility index (Phi) is 6.09. The summed E-state index contributed by atoms with van der Waals surface area (Å²) in [7, 11) is 0. The standard InChI is InChI=1S/C21H29N3O2/c1-16-7-6-13-23-20(26)21(12-14-22-15-21)11-5-4-9-17-8-2-3-10-18(17)19(25)24-16/h2-5,8,10,16,22H,6-7,9,11-15H2,1H3,(H,23,26)(H,24,25)/b5-4-. The molecule has 1 aromatic carbocycles. The number of hydrogen-bond acceptors (Lipinski definition) is 3. The maximum atomic E-state index is 12.8. The van der Waals surface area contributed by atoms with Crippen LogP contribution in [0.4, 0.5) is 0 Å². The minimum Gasteiger partial charge on any atom is -0.356 e. The minimum absolute atomic E-state index is 0.0168. The van der Waals surface area contributed by atoms with Crippen LogP contribution in [-0.2, 0) is 11.2 Å². The number of benzene rings is 1. The van der Waals surface area contributed by atoms with Gasteiger partial charge in [-0.1, -0.05) is 30.4 Å². The molecular weight excluding hydrogens is 326 g/mol. The summed E-state index contributed by atoms with van der Waals surface area (Å²) in [6, 6.07) is 7.84. The number of amides is 2. The van der Waals surface area contributed by atoms with E-state index in [9.17, 15) is 9.59 Å². The molecule has 2 aliphatic rings. The Morgan fingerprint density at radius 2 is 1.96 bits per heavy atom. The Bertz CT molecular complexity index is 678. The van der Waals surface area contributed by atoms with Crippen molar-refractivity contribution in [3.05, 3.63) is 47.5 Å². The van der Waals surface area contributed by atoms with E-state index < -0.39 is 0 Å². The molecule has 2 aliphatic heterocycles. The number of allylic oxidation sites excluding steroid dienone is 2. The minimum atomic E-state index is -0.337. The molecule has 1 saturated heterocycles. The molecule has 0 bridgehead atoms. The molecule has 0 saturated carbocycles. The molecule has 140 valence electrons. The van der Waals surface area contributed by atoms with Crippen molar-refractivity contribution in [1.29, 1.82) is 0 Å². The fourth-order valence-corrected chi connectivity index (χ4v) is 3.81. The zero-order valence-corrected chi connectivity index (χ0v) is 15.5. The van der Waals surface area contributed by atoms with Crippen molar-refractivity contribution < 1.29 is 9.59 Å². The van der Waals surface area contributed by atoms with Crippen molar-refractivity contribution in [3.8, 4) is 0 Å². The van der Waals surface area contributed by atoms with E-state index in [-0.39, 0.29) is 23.3 Å². The first-order valence-corrected chi connectivity index (χ1v) is 9.63. The zero-order chi connectivity index (χ0) is 18.4. The summed E-state index contributed by atoms with van der Waals surface area (Å²) in [6.45, 7) is 4.29. The Hall–Kier alpha value is -2.14. The van der Waals surface area contributed by atoms with Crippen molar-refractivity contribution in [3.63, 3.8) is 0 Å². The summed E-state index contributed by atoms with van der Waals surface area (Å²) in [6.07, 6.45) is 8.19.